The first-order valence-electron chi connectivity index (χ1n) is 8.91. The Bertz CT molecular complexity index is 794. The van der Waals surface area contributed by atoms with Crippen molar-refractivity contribution in [1.29, 1.82) is 0 Å². The van der Waals surface area contributed by atoms with Crippen LogP contribution < -0.4 is 5.32 Å². The number of benzene rings is 1. The quantitative estimate of drug-likeness (QED) is 0.499. The summed E-state index contributed by atoms with van der Waals surface area (Å²) in [6.07, 6.45) is 4.29. The van der Waals surface area contributed by atoms with Crippen LogP contribution in [-0.2, 0) is 16.0 Å². The van der Waals surface area contributed by atoms with E-state index in [-0.39, 0.29) is 17.7 Å². The molecule has 7 heteroatoms. The third-order valence-corrected chi connectivity index (χ3v) is 4.95. The molecular weight excluding hydrogens is 335 g/mol. The molecule has 0 saturated carbocycles. The fraction of sp³-hybridized carbons (Fsp3) is 0.474. The number of halogens is 1. The number of fused-ring (bicyclic) bond motifs is 1. The molecule has 0 bridgehead atoms. The normalized spacial score (nSPS) is 16.1. The molecule has 1 aromatic carbocycles. The summed E-state index contributed by atoms with van der Waals surface area (Å²) in [5.74, 6) is 0.475. The van der Waals surface area contributed by atoms with Gasteiger partial charge in [-0.25, -0.2) is 4.39 Å². The topological polar surface area (TPSA) is 69.7 Å². The van der Waals surface area contributed by atoms with Crippen LogP contribution in [0.15, 0.2) is 29.4 Å². The molecule has 26 heavy (non-hydrogen) atoms. The number of H-pyrrole nitrogens is 1. The van der Waals surface area contributed by atoms with Gasteiger partial charge in [0.15, 0.2) is 5.96 Å². The number of aromatic amines is 1. The molecule has 140 valence electrons. The Labute approximate surface area is 152 Å². The van der Waals surface area contributed by atoms with E-state index in [4.69, 9.17) is 4.74 Å². The lowest BCUT2D eigenvalue weighted by Gasteiger charge is -2.33. The van der Waals surface area contributed by atoms with E-state index in [1.165, 1.54) is 19.2 Å². The molecule has 0 aliphatic carbocycles. The number of esters is 1. The summed E-state index contributed by atoms with van der Waals surface area (Å²) < 4.78 is 18.1. The molecule has 1 aliphatic rings. The number of hydrogen-bond acceptors (Lipinski definition) is 3. The Morgan fingerprint density at radius 1 is 1.42 bits per heavy atom. The minimum atomic E-state index is -0.236. The van der Waals surface area contributed by atoms with Gasteiger partial charge < -0.3 is 19.9 Å². The maximum atomic E-state index is 13.3. The number of methoxy groups -OCH3 is 1. The number of rotatable bonds is 4. The van der Waals surface area contributed by atoms with Gasteiger partial charge in [0.1, 0.15) is 5.82 Å². The maximum Gasteiger partial charge on any atom is 0.308 e. The summed E-state index contributed by atoms with van der Waals surface area (Å²) in [7, 11) is 3.21. The second-order valence-electron chi connectivity index (χ2n) is 6.51. The third-order valence-electron chi connectivity index (χ3n) is 4.95. The zero-order chi connectivity index (χ0) is 18.5. The Morgan fingerprint density at radius 2 is 2.19 bits per heavy atom. The van der Waals surface area contributed by atoms with Crippen molar-refractivity contribution in [2.75, 3.05) is 33.8 Å². The monoisotopic (exact) mass is 360 g/mol. The van der Waals surface area contributed by atoms with Crippen LogP contribution in [0.1, 0.15) is 18.4 Å². The molecule has 1 aliphatic heterocycles. The molecule has 2 aromatic rings. The molecule has 0 atom stereocenters. The van der Waals surface area contributed by atoms with Gasteiger partial charge in [0.2, 0.25) is 0 Å². The van der Waals surface area contributed by atoms with Gasteiger partial charge >= 0.3 is 5.97 Å². The highest BCUT2D eigenvalue weighted by atomic mass is 19.1. The van der Waals surface area contributed by atoms with E-state index in [1.807, 2.05) is 12.3 Å². The number of carbonyl (C=O) groups is 1. The van der Waals surface area contributed by atoms with E-state index in [0.29, 0.717) is 0 Å². The van der Waals surface area contributed by atoms with Crippen molar-refractivity contribution in [2.24, 2.45) is 10.9 Å². The lowest BCUT2D eigenvalue weighted by atomic mass is 9.97. The molecule has 2 heterocycles. The average molecular weight is 360 g/mol. The van der Waals surface area contributed by atoms with Gasteiger partial charge in [-0.05, 0) is 43.0 Å². The maximum absolute atomic E-state index is 13.3. The van der Waals surface area contributed by atoms with E-state index in [0.717, 1.165) is 61.3 Å². The molecule has 2 N–H and O–H groups in total. The number of hydrogen-bond donors (Lipinski definition) is 2. The number of carbonyl (C=O) groups excluding carboxylic acids is 1. The van der Waals surface area contributed by atoms with E-state index < -0.39 is 0 Å². The number of aliphatic imine (C=N–C) groups is 1. The predicted octanol–water partition coefficient (Wildman–Crippen LogP) is 2.31. The minimum Gasteiger partial charge on any atom is -0.469 e. The van der Waals surface area contributed by atoms with Crippen molar-refractivity contribution < 1.29 is 13.9 Å². The summed E-state index contributed by atoms with van der Waals surface area (Å²) in [4.78, 5) is 21.3. The summed E-state index contributed by atoms with van der Waals surface area (Å²) >= 11 is 0. The lowest BCUT2D eigenvalue weighted by Crippen LogP contribution is -2.47. The largest absolute Gasteiger partial charge is 0.469 e. The predicted molar refractivity (Wildman–Crippen MR) is 99.6 cm³/mol. The average Bonchev–Trinajstić information content (AvgIpc) is 3.06. The molecule has 1 aromatic heterocycles. The van der Waals surface area contributed by atoms with Crippen molar-refractivity contribution in [3.05, 3.63) is 35.8 Å². The number of ether oxygens (including phenoxy) is 1. The highest BCUT2D eigenvalue weighted by Crippen LogP contribution is 2.20. The van der Waals surface area contributed by atoms with Crippen molar-refractivity contribution in [2.45, 2.75) is 19.3 Å². The summed E-state index contributed by atoms with van der Waals surface area (Å²) in [6, 6.07) is 4.80. The summed E-state index contributed by atoms with van der Waals surface area (Å²) in [5, 5.41) is 4.43. The number of aromatic nitrogens is 1. The second-order valence-corrected chi connectivity index (χ2v) is 6.51. The molecular formula is C19H25FN4O2. The van der Waals surface area contributed by atoms with E-state index in [1.54, 1.807) is 7.05 Å². The summed E-state index contributed by atoms with van der Waals surface area (Å²) in [5.41, 5.74) is 1.96. The van der Waals surface area contributed by atoms with Gasteiger partial charge in [-0.15, -0.1) is 0 Å². The van der Waals surface area contributed by atoms with Crippen LogP contribution in [0.25, 0.3) is 10.9 Å². The standard InChI is InChI=1S/C19H25FN4O2/c1-21-19(24-9-6-13(7-10-24)18(25)26-2)22-8-5-14-12-23-17-11-15(20)3-4-16(14)17/h3-4,11-13,23H,5-10H2,1-2H3,(H,21,22). The zero-order valence-corrected chi connectivity index (χ0v) is 15.2. The van der Waals surface area contributed by atoms with Crippen LogP contribution in [0, 0.1) is 11.7 Å². The van der Waals surface area contributed by atoms with Crippen LogP contribution in [-0.4, -0.2) is 55.6 Å². The van der Waals surface area contributed by atoms with Crippen LogP contribution in [0.2, 0.25) is 0 Å². The van der Waals surface area contributed by atoms with Gasteiger partial charge in [-0.2, -0.15) is 0 Å². The van der Waals surface area contributed by atoms with Crippen molar-refractivity contribution >= 4 is 22.8 Å². The van der Waals surface area contributed by atoms with Gasteiger partial charge in [0.25, 0.3) is 0 Å². The van der Waals surface area contributed by atoms with E-state index in [9.17, 15) is 9.18 Å². The second kappa shape index (κ2) is 8.21. The third kappa shape index (κ3) is 3.98. The Morgan fingerprint density at radius 3 is 2.88 bits per heavy atom. The molecule has 0 amide bonds. The molecule has 0 unspecified atom stereocenters. The minimum absolute atomic E-state index is 0.0130. The van der Waals surface area contributed by atoms with Crippen molar-refractivity contribution in [1.82, 2.24) is 15.2 Å². The van der Waals surface area contributed by atoms with Gasteiger partial charge in [-0.1, -0.05) is 0 Å². The Kier molecular flexibility index (Phi) is 5.75. The van der Waals surface area contributed by atoms with Gasteiger partial charge in [-0.3, -0.25) is 9.79 Å². The number of piperidine rings is 1. The highest BCUT2D eigenvalue weighted by Gasteiger charge is 2.26. The van der Waals surface area contributed by atoms with Crippen LogP contribution in [0.3, 0.4) is 0 Å². The number of nitrogens with one attached hydrogen (secondary N) is 2. The van der Waals surface area contributed by atoms with E-state index >= 15 is 0 Å². The first-order valence-corrected chi connectivity index (χ1v) is 8.91. The van der Waals surface area contributed by atoms with Crippen LogP contribution in [0.5, 0.6) is 0 Å². The fourth-order valence-corrected chi connectivity index (χ4v) is 3.50. The van der Waals surface area contributed by atoms with Gasteiger partial charge in [0, 0.05) is 43.8 Å². The Balaban J connectivity index is 1.52. The summed E-state index contributed by atoms with van der Waals surface area (Å²) in [6.45, 7) is 2.30. The van der Waals surface area contributed by atoms with Crippen LogP contribution in [0.4, 0.5) is 4.39 Å². The molecule has 6 nitrogen and oxygen atoms in total. The van der Waals surface area contributed by atoms with Crippen molar-refractivity contribution in [3.63, 3.8) is 0 Å². The Hall–Kier alpha value is -2.57. The SMILES string of the molecule is CN=C(NCCc1c[nH]c2cc(F)ccc12)N1CCC(C(=O)OC)CC1. The first-order chi connectivity index (χ1) is 12.6. The molecule has 1 saturated heterocycles. The first kappa shape index (κ1) is 18.2. The number of nitrogens with zero attached hydrogens (tertiary/aromatic N) is 2. The lowest BCUT2D eigenvalue weighted by molar-refractivity contribution is -0.146. The molecule has 0 spiro atoms. The van der Waals surface area contributed by atoms with Gasteiger partial charge in [0.05, 0.1) is 13.0 Å². The molecule has 3 rings (SSSR count). The van der Waals surface area contributed by atoms with E-state index in [2.05, 4.69) is 20.2 Å². The molecule has 0 radical (unpaired) electrons. The van der Waals surface area contributed by atoms with Crippen LogP contribution >= 0.6 is 0 Å². The highest BCUT2D eigenvalue weighted by molar-refractivity contribution is 5.83. The smallest absolute Gasteiger partial charge is 0.308 e. The fourth-order valence-electron chi connectivity index (χ4n) is 3.50. The number of likely N-dealkylation sites (tertiary alicyclic amines) is 1. The molecule has 1 fully saturated rings. The number of guanidine groups is 1. The zero-order valence-electron chi connectivity index (χ0n) is 15.2. The van der Waals surface area contributed by atoms with Crippen molar-refractivity contribution in [3.8, 4) is 0 Å².